The third-order valence-corrected chi connectivity index (χ3v) is 10.3. The molecule has 0 radical (unpaired) electrons. The first-order chi connectivity index (χ1) is 15.5. The minimum atomic E-state index is -1.24. The summed E-state index contributed by atoms with van der Waals surface area (Å²) >= 11 is 0. The van der Waals surface area contributed by atoms with Crippen molar-refractivity contribution in [2.75, 3.05) is 0 Å². The van der Waals surface area contributed by atoms with Crippen LogP contribution in [0, 0.1) is 28.6 Å². The number of hydrogen-bond donors (Lipinski definition) is 3. The van der Waals surface area contributed by atoms with Crippen LogP contribution in [0.4, 0.5) is 0 Å². The van der Waals surface area contributed by atoms with Crippen molar-refractivity contribution < 1.29 is 29.3 Å². The number of fused-ring (bicyclic) bond motifs is 5. The minimum absolute atomic E-state index is 0.0406. The van der Waals surface area contributed by atoms with Crippen LogP contribution in [0.3, 0.4) is 0 Å². The van der Waals surface area contributed by atoms with Gasteiger partial charge in [0.1, 0.15) is 6.10 Å². The molecule has 0 saturated heterocycles. The Morgan fingerprint density at radius 3 is 2.55 bits per heavy atom. The van der Waals surface area contributed by atoms with Crippen molar-refractivity contribution in [3.63, 3.8) is 0 Å². The molecule has 4 aliphatic carbocycles. The van der Waals surface area contributed by atoms with Crippen LogP contribution in [-0.2, 0) is 9.53 Å². The molecule has 1 aromatic rings. The Morgan fingerprint density at radius 2 is 1.88 bits per heavy atom. The van der Waals surface area contributed by atoms with Crippen LogP contribution >= 0.6 is 0 Å². The molecule has 7 heteroatoms. The number of ether oxygens (including phenoxy) is 1. The molecule has 7 nitrogen and oxygen atoms in total. The van der Waals surface area contributed by atoms with E-state index in [2.05, 4.69) is 6.92 Å². The third-order valence-electron chi connectivity index (χ3n) is 10.3. The quantitative estimate of drug-likeness (QED) is 0.581. The molecule has 1 heterocycles. The average Bonchev–Trinajstić information content (AvgIpc) is 2.98. The van der Waals surface area contributed by atoms with Gasteiger partial charge in [-0.25, -0.2) is 4.79 Å². The summed E-state index contributed by atoms with van der Waals surface area (Å²) in [4.78, 5) is 23.6. The van der Waals surface area contributed by atoms with E-state index in [1.54, 1.807) is 6.07 Å². The molecule has 182 valence electrons. The molecule has 0 bridgehead atoms. The van der Waals surface area contributed by atoms with E-state index in [4.69, 9.17) is 9.15 Å². The van der Waals surface area contributed by atoms with Gasteiger partial charge < -0.3 is 24.5 Å². The highest BCUT2D eigenvalue weighted by Gasteiger charge is 2.73. The van der Waals surface area contributed by atoms with Crippen molar-refractivity contribution in [1.82, 2.24) is 0 Å². The Hall–Kier alpha value is -1.70. The smallest absolute Gasteiger partial charge is 0.335 e. The van der Waals surface area contributed by atoms with Gasteiger partial charge in [-0.1, -0.05) is 13.8 Å². The Morgan fingerprint density at radius 1 is 1.12 bits per heavy atom. The van der Waals surface area contributed by atoms with Crippen LogP contribution in [0.15, 0.2) is 27.6 Å². The Balaban J connectivity index is 1.59. The zero-order valence-corrected chi connectivity index (χ0v) is 19.7. The molecular formula is C26H36O7. The van der Waals surface area contributed by atoms with E-state index in [9.17, 15) is 24.9 Å². The van der Waals surface area contributed by atoms with E-state index < -0.39 is 40.7 Å². The Labute approximate surface area is 194 Å². The van der Waals surface area contributed by atoms with E-state index in [0.29, 0.717) is 17.9 Å². The van der Waals surface area contributed by atoms with Gasteiger partial charge in [0.2, 0.25) is 0 Å². The molecule has 4 aliphatic rings. The summed E-state index contributed by atoms with van der Waals surface area (Å²) < 4.78 is 10.9. The number of aliphatic hydroxyl groups is 3. The molecule has 5 rings (SSSR count). The predicted octanol–water partition coefficient (Wildman–Crippen LogP) is 2.75. The minimum Gasteiger partial charge on any atom is -0.462 e. The lowest BCUT2D eigenvalue weighted by Crippen LogP contribution is -2.66. The van der Waals surface area contributed by atoms with Crippen molar-refractivity contribution >= 4 is 5.97 Å². The molecule has 0 amide bonds. The molecule has 3 N–H and O–H groups in total. The zero-order chi connectivity index (χ0) is 23.8. The fourth-order valence-electron chi connectivity index (χ4n) is 8.64. The van der Waals surface area contributed by atoms with Gasteiger partial charge in [0.15, 0.2) is 0 Å². The number of carbonyl (C=O) groups excluding carboxylic acids is 1. The highest BCUT2D eigenvalue weighted by Crippen LogP contribution is 2.70. The van der Waals surface area contributed by atoms with Gasteiger partial charge in [0.05, 0.1) is 24.1 Å². The van der Waals surface area contributed by atoms with Gasteiger partial charge in [0.25, 0.3) is 0 Å². The molecule has 0 spiro atoms. The number of aliphatic hydroxyl groups excluding tert-OH is 2. The number of hydrogen-bond acceptors (Lipinski definition) is 7. The first kappa shape index (κ1) is 23.1. The summed E-state index contributed by atoms with van der Waals surface area (Å²) in [6.45, 7) is 5.54. The Kier molecular flexibility index (Phi) is 5.35. The molecule has 0 aliphatic heterocycles. The molecule has 4 fully saturated rings. The van der Waals surface area contributed by atoms with Crippen molar-refractivity contribution in [1.29, 1.82) is 0 Å². The maximum atomic E-state index is 12.5. The fourth-order valence-corrected chi connectivity index (χ4v) is 8.64. The average molecular weight is 461 g/mol. The van der Waals surface area contributed by atoms with Crippen LogP contribution in [0.25, 0.3) is 0 Å². The summed E-state index contributed by atoms with van der Waals surface area (Å²) in [5.74, 6) is -0.461. The standard InChI is InChI=1S/C26H36O7/c1-14(27)33-20-12-26(31)18-6-5-16-10-17(28)8-9-24(16,2)19(18)11-21(29)25(26,3)23(20)15-4-7-22(30)32-13-15/h4,7,13,16-21,23,28-29,31H,5-6,8-12H2,1-3H3/t16-,17+,18-,19+,20+,21-,23+,24+,25-,26+/m1/s1. The van der Waals surface area contributed by atoms with Gasteiger partial charge in [-0.3, -0.25) is 4.79 Å². The highest BCUT2D eigenvalue weighted by atomic mass is 16.5. The molecule has 1 aromatic heterocycles. The maximum Gasteiger partial charge on any atom is 0.335 e. The van der Waals surface area contributed by atoms with Crippen molar-refractivity contribution in [3.8, 4) is 0 Å². The second-order valence-corrected chi connectivity index (χ2v) is 11.6. The molecular weight excluding hydrogens is 424 g/mol. The van der Waals surface area contributed by atoms with Crippen LogP contribution in [0.2, 0.25) is 0 Å². The van der Waals surface area contributed by atoms with Gasteiger partial charge in [-0.2, -0.15) is 0 Å². The Bertz CT molecular complexity index is 969. The summed E-state index contributed by atoms with van der Waals surface area (Å²) in [7, 11) is 0. The van der Waals surface area contributed by atoms with Crippen molar-refractivity contribution in [3.05, 3.63) is 34.4 Å². The van der Waals surface area contributed by atoms with E-state index in [1.165, 1.54) is 19.3 Å². The van der Waals surface area contributed by atoms with Gasteiger partial charge in [-0.05, 0) is 73.3 Å². The number of esters is 1. The monoisotopic (exact) mass is 460 g/mol. The molecule has 4 saturated carbocycles. The molecule has 33 heavy (non-hydrogen) atoms. The van der Waals surface area contributed by atoms with Crippen LogP contribution in [0.5, 0.6) is 0 Å². The number of carbonyl (C=O) groups is 1. The van der Waals surface area contributed by atoms with E-state index in [0.717, 1.165) is 32.1 Å². The van der Waals surface area contributed by atoms with Gasteiger partial charge >= 0.3 is 11.6 Å². The molecule has 10 atom stereocenters. The molecule has 0 aromatic carbocycles. The largest absolute Gasteiger partial charge is 0.462 e. The third kappa shape index (κ3) is 3.18. The number of rotatable bonds is 2. The lowest BCUT2D eigenvalue weighted by molar-refractivity contribution is -0.241. The van der Waals surface area contributed by atoms with Crippen LogP contribution in [-0.4, -0.2) is 45.2 Å². The van der Waals surface area contributed by atoms with Gasteiger partial charge in [-0.15, -0.1) is 0 Å². The SMILES string of the molecule is CC(=O)O[C@H]1C[C@]2(O)[C@@H]3CC[C@@H]4C[C@@H](O)CC[C@]4(C)[C@H]3C[C@@H](O)[C@]2(C)[C@H]1c1ccc(=O)oc1. The predicted molar refractivity (Wildman–Crippen MR) is 119 cm³/mol. The molecule has 0 unspecified atom stereocenters. The second kappa shape index (κ2) is 7.65. The summed E-state index contributed by atoms with van der Waals surface area (Å²) in [5, 5.41) is 34.4. The topological polar surface area (TPSA) is 117 Å². The maximum absolute atomic E-state index is 12.5. The summed E-state index contributed by atoms with van der Waals surface area (Å²) in [6.07, 6.45) is 4.66. The summed E-state index contributed by atoms with van der Waals surface area (Å²) in [6, 6.07) is 2.99. The van der Waals surface area contributed by atoms with Crippen LogP contribution < -0.4 is 5.63 Å². The zero-order valence-electron chi connectivity index (χ0n) is 19.7. The van der Waals surface area contributed by atoms with Crippen molar-refractivity contribution in [2.24, 2.45) is 28.6 Å². The van der Waals surface area contributed by atoms with Crippen molar-refractivity contribution in [2.45, 2.75) is 95.5 Å². The lowest BCUT2D eigenvalue weighted by atomic mass is 9.42. The first-order valence-electron chi connectivity index (χ1n) is 12.3. The van der Waals surface area contributed by atoms with Crippen LogP contribution in [0.1, 0.15) is 77.2 Å². The fraction of sp³-hybridized carbons (Fsp3) is 0.769. The van der Waals surface area contributed by atoms with Gasteiger partial charge in [0, 0.05) is 30.7 Å². The van der Waals surface area contributed by atoms with E-state index >= 15 is 0 Å². The highest BCUT2D eigenvalue weighted by molar-refractivity contribution is 5.66. The summed E-state index contributed by atoms with van der Waals surface area (Å²) in [5.41, 5.74) is -2.07. The van der Waals surface area contributed by atoms with E-state index in [-0.39, 0.29) is 29.8 Å². The lowest BCUT2D eigenvalue weighted by Gasteiger charge is -2.64. The first-order valence-corrected chi connectivity index (χ1v) is 12.3. The van der Waals surface area contributed by atoms with E-state index in [1.807, 2.05) is 6.92 Å². The second-order valence-electron chi connectivity index (χ2n) is 11.6. The normalized spacial score (nSPS) is 49.0.